The molecule has 1 aliphatic heterocycles. The second kappa shape index (κ2) is 8.83. The predicted octanol–water partition coefficient (Wildman–Crippen LogP) is 5.73. The minimum atomic E-state index is -0.489. The number of hydrogen-bond acceptors (Lipinski definition) is 3. The number of benzene rings is 3. The molecule has 1 aliphatic rings. The fourth-order valence-electron chi connectivity index (χ4n) is 4.21. The number of hydrogen-bond donors (Lipinski definition) is 1. The van der Waals surface area contributed by atoms with Gasteiger partial charge < -0.3 is 14.6 Å². The van der Waals surface area contributed by atoms with E-state index in [0.29, 0.717) is 24.3 Å². The van der Waals surface area contributed by atoms with Crippen molar-refractivity contribution in [2.75, 3.05) is 11.9 Å². The first-order valence-corrected chi connectivity index (χ1v) is 11.1. The second-order valence-corrected chi connectivity index (χ2v) is 8.61. The highest BCUT2D eigenvalue weighted by molar-refractivity contribution is 6.31. The number of anilines is 1. The number of nitrogens with zero attached hydrogens (tertiary/aromatic N) is 2. The first-order chi connectivity index (χ1) is 16.4. The van der Waals surface area contributed by atoms with Crippen LogP contribution in [0.15, 0.2) is 71.3 Å². The van der Waals surface area contributed by atoms with Crippen LogP contribution >= 0.6 is 11.6 Å². The van der Waals surface area contributed by atoms with Crippen molar-refractivity contribution in [1.29, 1.82) is 0 Å². The van der Waals surface area contributed by atoms with Crippen molar-refractivity contribution in [2.45, 2.75) is 19.6 Å². The molecule has 1 aromatic heterocycles. The van der Waals surface area contributed by atoms with Crippen LogP contribution in [-0.4, -0.2) is 23.9 Å². The monoisotopic (exact) mass is 477 g/mol. The lowest BCUT2D eigenvalue weighted by atomic mass is 10.0. The van der Waals surface area contributed by atoms with Crippen LogP contribution in [0.1, 0.15) is 27.0 Å². The number of furan rings is 1. The largest absolute Gasteiger partial charge is 0.464 e. The number of halogens is 2. The van der Waals surface area contributed by atoms with Crippen molar-refractivity contribution >= 4 is 40.2 Å². The summed E-state index contributed by atoms with van der Waals surface area (Å²) in [6, 6.07) is 16.9. The summed E-state index contributed by atoms with van der Waals surface area (Å²) in [7, 11) is 1.68. The molecule has 0 fully saturated rings. The molecule has 0 bridgehead atoms. The molecule has 2 heterocycles. The molecule has 3 aromatic carbocycles. The number of amides is 3. The van der Waals surface area contributed by atoms with E-state index >= 15 is 0 Å². The number of rotatable bonds is 5. The normalized spacial score (nSPS) is 13.3. The summed E-state index contributed by atoms with van der Waals surface area (Å²) in [5.74, 6) is -0.768. The zero-order valence-corrected chi connectivity index (χ0v) is 19.1. The molecule has 0 saturated carbocycles. The maximum absolute atomic E-state index is 14.5. The molecule has 34 heavy (non-hydrogen) atoms. The van der Waals surface area contributed by atoms with Crippen LogP contribution in [0.5, 0.6) is 0 Å². The van der Waals surface area contributed by atoms with E-state index in [1.807, 2.05) is 30.3 Å². The lowest BCUT2D eigenvalue weighted by Crippen LogP contribution is -2.45. The average Bonchev–Trinajstić information content (AvgIpc) is 3.31. The van der Waals surface area contributed by atoms with Crippen molar-refractivity contribution in [1.82, 2.24) is 10.2 Å². The second-order valence-electron chi connectivity index (χ2n) is 8.20. The van der Waals surface area contributed by atoms with E-state index in [0.717, 1.165) is 22.1 Å². The highest BCUT2D eigenvalue weighted by atomic mass is 35.5. The van der Waals surface area contributed by atoms with E-state index in [9.17, 15) is 14.0 Å². The zero-order chi connectivity index (χ0) is 23.8. The Morgan fingerprint density at radius 3 is 2.79 bits per heavy atom. The van der Waals surface area contributed by atoms with Gasteiger partial charge in [-0.15, -0.1) is 0 Å². The average molecular weight is 478 g/mol. The molecule has 5 rings (SSSR count). The lowest BCUT2D eigenvalue weighted by Gasteiger charge is -2.35. The van der Waals surface area contributed by atoms with Gasteiger partial charge in [0, 0.05) is 41.7 Å². The van der Waals surface area contributed by atoms with Crippen LogP contribution in [0.4, 0.5) is 14.9 Å². The van der Waals surface area contributed by atoms with Gasteiger partial charge in [0.2, 0.25) is 0 Å². The third-order valence-corrected chi connectivity index (χ3v) is 6.36. The van der Waals surface area contributed by atoms with Crippen LogP contribution in [-0.2, 0) is 19.6 Å². The molecule has 0 spiro atoms. The molecule has 4 aromatic rings. The Balaban J connectivity index is 1.42. The van der Waals surface area contributed by atoms with Gasteiger partial charge in [-0.05, 0) is 47.5 Å². The summed E-state index contributed by atoms with van der Waals surface area (Å²) in [5, 5.41) is 4.11. The van der Waals surface area contributed by atoms with Crippen LogP contribution in [0.2, 0.25) is 5.02 Å². The minimum absolute atomic E-state index is 0.0464. The molecule has 1 N–H and O–H groups in total. The summed E-state index contributed by atoms with van der Waals surface area (Å²) in [5.41, 5.74) is 3.74. The van der Waals surface area contributed by atoms with Gasteiger partial charge in [-0.3, -0.25) is 9.69 Å². The predicted molar refractivity (Wildman–Crippen MR) is 128 cm³/mol. The topological polar surface area (TPSA) is 65.8 Å². The SMILES string of the molecule is CN1Cc2ccc(C(=O)NCc3cccc4occc34)cc2N(Cc2c(F)cccc2Cl)C1=O. The van der Waals surface area contributed by atoms with Crippen LogP contribution in [0.3, 0.4) is 0 Å². The highest BCUT2D eigenvalue weighted by Gasteiger charge is 2.30. The number of carbonyl (C=O) groups is 2. The van der Waals surface area contributed by atoms with Gasteiger partial charge in [-0.25, -0.2) is 9.18 Å². The Hall–Kier alpha value is -3.84. The quantitative estimate of drug-likeness (QED) is 0.399. The van der Waals surface area contributed by atoms with E-state index in [1.165, 1.54) is 17.0 Å². The molecule has 0 atom stereocenters. The molecule has 8 heteroatoms. The molecule has 0 radical (unpaired) electrons. The fraction of sp³-hybridized carbons (Fsp3) is 0.154. The maximum Gasteiger partial charge on any atom is 0.324 e. The van der Waals surface area contributed by atoms with Crippen molar-refractivity contribution in [3.05, 3.63) is 100 Å². The van der Waals surface area contributed by atoms with Gasteiger partial charge in [0.25, 0.3) is 5.91 Å². The number of urea groups is 1. The zero-order valence-electron chi connectivity index (χ0n) is 18.3. The maximum atomic E-state index is 14.5. The molecule has 6 nitrogen and oxygen atoms in total. The van der Waals surface area contributed by atoms with Crippen molar-refractivity contribution in [2.24, 2.45) is 0 Å². The van der Waals surface area contributed by atoms with Crippen LogP contribution < -0.4 is 10.2 Å². The molecule has 3 amide bonds. The van der Waals surface area contributed by atoms with Gasteiger partial charge in [0.05, 0.1) is 18.5 Å². The van der Waals surface area contributed by atoms with E-state index in [-0.39, 0.29) is 29.1 Å². The molecule has 172 valence electrons. The molecule has 0 aliphatic carbocycles. The minimum Gasteiger partial charge on any atom is -0.464 e. The Morgan fingerprint density at radius 2 is 1.97 bits per heavy atom. The molecule has 0 unspecified atom stereocenters. The number of fused-ring (bicyclic) bond motifs is 2. The Labute approximate surface area is 200 Å². The van der Waals surface area contributed by atoms with Gasteiger partial charge >= 0.3 is 6.03 Å². The van der Waals surface area contributed by atoms with E-state index < -0.39 is 5.82 Å². The summed E-state index contributed by atoms with van der Waals surface area (Å²) >= 11 is 6.21. The van der Waals surface area contributed by atoms with Crippen molar-refractivity contribution in [3.8, 4) is 0 Å². The summed E-state index contributed by atoms with van der Waals surface area (Å²) in [4.78, 5) is 28.9. The molecular weight excluding hydrogens is 457 g/mol. The van der Waals surface area contributed by atoms with Gasteiger partial charge in [-0.1, -0.05) is 35.9 Å². The first-order valence-electron chi connectivity index (χ1n) is 10.7. The van der Waals surface area contributed by atoms with E-state index in [1.54, 1.807) is 36.4 Å². The highest BCUT2D eigenvalue weighted by Crippen LogP contribution is 2.32. The van der Waals surface area contributed by atoms with Gasteiger partial charge in [0.15, 0.2) is 0 Å². The smallest absolute Gasteiger partial charge is 0.324 e. The lowest BCUT2D eigenvalue weighted by molar-refractivity contribution is 0.0951. The first kappa shape index (κ1) is 22.0. The number of nitrogens with one attached hydrogen (secondary N) is 1. The van der Waals surface area contributed by atoms with Gasteiger partial charge in [0.1, 0.15) is 11.4 Å². The Kier molecular flexibility index (Phi) is 5.71. The van der Waals surface area contributed by atoms with Crippen LogP contribution in [0.25, 0.3) is 11.0 Å². The molecular formula is C26H21ClFN3O3. The summed E-state index contributed by atoms with van der Waals surface area (Å²) in [6.45, 7) is 0.665. The third kappa shape index (κ3) is 3.99. The summed E-state index contributed by atoms with van der Waals surface area (Å²) in [6.07, 6.45) is 1.61. The van der Waals surface area contributed by atoms with Crippen LogP contribution in [0, 0.1) is 5.82 Å². The van der Waals surface area contributed by atoms with E-state index in [2.05, 4.69) is 5.32 Å². The molecule has 0 saturated heterocycles. The summed E-state index contributed by atoms with van der Waals surface area (Å²) < 4.78 is 19.9. The number of carbonyl (C=O) groups excluding carboxylic acids is 2. The Bertz CT molecular complexity index is 1400. The standard InChI is InChI=1S/C26H21ClFN3O3/c1-30-14-18-9-8-16(25(32)29-13-17-4-2-7-24-19(17)10-11-34-24)12-23(18)31(26(30)33)15-20-21(27)5-3-6-22(20)28/h2-12H,13-15H2,1H3,(H,29,32). The Morgan fingerprint density at radius 1 is 1.15 bits per heavy atom. The van der Waals surface area contributed by atoms with Crippen molar-refractivity contribution in [3.63, 3.8) is 0 Å². The third-order valence-electron chi connectivity index (χ3n) is 6.01. The van der Waals surface area contributed by atoms with Gasteiger partial charge in [-0.2, -0.15) is 0 Å². The van der Waals surface area contributed by atoms with E-state index in [4.69, 9.17) is 16.0 Å². The van der Waals surface area contributed by atoms with Crippen molar-refractivity contribution < 1.29 is 18.4 Å². The fourth-order valence-corrected chi connectivity index (χ4v) is 4.43.